The molecule has 7 heteroatoms. The largest absolute Gasteiger partial charge is 0.497 e. The van der Waals surface area contributed by atoms with Crippen LogP contribution in [0.3, 0.4) is 0 Å². The molecular formula is C16H14N2O5. The average molecular weight is 314 g/mol. The van der Waals surface area contributed by atoms with Crippen molar-refractivity contribution in [2.75, 3.05) is 12.5 Å². The van der Waals surface area contributed by atoms with E-state index < -0.39 is 11.9 Å². The van der Waals surface area contributed by atoms with Crippen LogP contribution in [-0.4, -0.2) is 35.5 Å². The third-order valence-electron chi connectivity index (χ3n) is 2.95. The molecular weight excluding hydrogens is 300 g/mol. The first-order valence-electron chi connectivity index (χ1n) is 6.54. The Hall–Kier alpha value is -3.35. The van der Waals surface area contributed by atoms with Gasteiger partial charge < -0.3 is 14.9 Å². The van der Waals surface area contributed by atoms with E-state index in [0.29, 0.717) is 0 Å². The first kappa shape index (κ1) is 16.0. The van der Waals surface area contributed by atoms with Crippen LogP contribution in [0.25, 0.3) is 0 Å². The quantitative estimate of drug-likeness (QED) is 0.558. The van der Waals surface area contributed by atoms with E-state index in [4.69, 9.17) is 14.9 Å². The molecule has 0 amide bonds. The molecule has 7 nitrogen and oxygen atoms in total. The first-order chi connectivity index (χ1) is 11.0. The number of rotatable bonds is 6. The molecule has 0 atom stereocenters. The maximum absolute atomic E-state index is 11.0. The van der Waals surface area contributed by atoms with Gasteiger partial charge in [0.25, 0.3) is 0 Å². The Morgan fingerprint density at radius 3 is 2.09 bits per heavy atom. The van der Waals surface area contributed by atoms with Gasteiger partial charge in [0.1, 0.15) is 5.75 Å². The third-order valence-corrected chi connectivity index (χ3v) is 2.95. The molecule has 3 N–H and O–H groups in total. The zero-order valence-corrected chi connectivity index (χ0v) is 12.2. The van der Waals surface area contributed by atoms with Crippen LogP contribution in [0.1, 0.15) is 26.3 Å². The van der Waals surface area contributed by atoms with Crippen molar-refractivity contribution in [1.82, 2.24) is 0 Å². The van der Waals surface area contributed by atoms with Crippen molar-refractivity contribution in [3.05, 3.63) is 59.2 Å². The fraction of sp³-hybridized carbons (Fsp3) is 0.0625. The van der Waals surface area contributed by atoms with E-state index in [-0.39, 0.29) is 16.8 Å². The zero-order chi connectivity index (χ0) is 16.8. The van der Waals surface area contributed by atoms with Crippen LogP contribution in [0.2, 0.25) is 0 Å². The van der Waals surface area contributed by atoms with Crippen LogP contribution in [0, 0.1) is 0 Å². The molecule has 0 unspecified atom stereocenters. The number of ether oxygens (including phenoxy) is 1. The van der Waals surface area contributed by atoms with Gasteiger partial charge in [0.15, 0.2) is 0 Å². The van der Waals surface area contributed by atoms with Crippen molar-refractivity contribution in [3.8, 4) is 5.75 Å². The first-order valence-corrected chi connectivity index (χ1v) is 6.54. The molecule has 0 spiro atoms. The molecule has 2 rings (SSSR count). The minimum atomic E-state index is -1.21. The fourth-order valence-corrected chi connectivity index (χ4v) is 1.81. The second kappa shape index (κ2) is 7.08. The predicted octanol–water partition coefficient (Wildman–Crippen LogP) is 2.54. The molecule has 118 valence electrons. The van der Waals surface area contributed by atoms with E-state index in [9.17, 15) is 9.59 Å². The van der Waals surface area contributed by atoms with Crippen molar-refractivity contribution in [2.24, 2.45) is 5.10 Å². The highest BCUT2D eigenvalue weighted by molar-refractivity contribution is 5.95. The van der Waals surface area contributed by atoms with Gasteiger partial charge in [0, 0.05) is 0 Å². The number of hydrogen-bond acceptors (Lipinski definition) is 5. The lowest BCUT2D eigenvalue weighted by atomic mass is 10.1. The molecule has 23 heavy (non-hydrogen) atoms. The monoisotopic (exact) mass is 314 g/mol. The van der Waals surface area contributed by atoms with Gasteiger partial charge in [-0.3, -0.25) is 5.43 Å². The Balaban J connectivity index is 2.16. The lowest BCUT2D eigenvalue weighted by Crippen LogP contribution is -2.04. The molecule has 0 aliphatic carbocycles. The molecule has 0 aliphatic rings. The summed E-state index contributed by atoms with van der Waals surface area (Å²) in [6.07, 6.45) is 1.52. The van der Waals surface area contributed by atoms with Gasteiger partial charge >= 0.3 is 11.9 Å². The predicted molar refractivity (Wildman–Crippen MR) is 84.6 cm³/mol. The van der Waals surface area contributed by atoms with Crippen LogP contribution in [0.4, 0.5) is 5.69 Å². The maximum atomic E-state index is 11.0. The van der Waals surface area contributed by atoms with E-state index in [1.807, 2.05) is 0 Å². The Morgan fingerprint density at radius 2 is 1.61 bits per heavy atom. The number of methoxy groups -OCH3 is 1. The molecule has 0 aromatic heterocycles. The summed E-state index contributed by atoms with van der Waals surface area (Å²) in [6.45, 7) is 0. The minimum absolute atomic E-state index is 0.132. The van der Waals surface area contributed by atoms with Crippen LogP contribution < -0.4 is 10.2 Å². The van der Waals surface area contributed by atoms with Gasteiger partial charge in [0.2, 0.25) is 0 Å². The van der Waals surface area contributed by atoms with Gasteiger partial charge in [-0.1, -0.05) is 0 Å². The van der Waals surface area contributed by atoms with Gasteiger partial charge in [-0.05, 0) is 48.0 Å². The zero-order valence-electron chi connectivity index (χ0n) is 12.2. The number of anilines is 1. The summed E-state index contributed by atoms with van der Waals surface area (Å²) >= 11 is 0. The van der Waals surface area contributed by atoms with Crippen LogP contribution in [0.5, 0.6) is 5.75 Å². The highest BCUT2D eigenvalue weighted by Crippen LogP contribution is 2.16. The molecule has 2 aromatic rings. The number of aromatic carboxylic acids is 2. The number of nitrogens with zero attached hydrogens (tertiary/aromatic N) is 1. The Morgan fingerprint density at radius 1 is 1.04 bits per heavy atom. The van der Waals surface area contributed by atoms with Crippen LogP contribution in [0.15, 0.2) is 47.6 Å². The topological polar surface area (TPSA) is 108 Å². The number of carboxylic acid groups (broad SMARTS) is 2. The summed E-state index contributed by atoms with van der Waals surface area (Å²) in [6, 6.07) is 10.8. The number of benzene rings is 2. The molecule has 2 aromatic carbocycles. The number of hydrogen-bond donors (Lipinski definition) is 3. The van der Waals surface area contributed by atoms with E-state index in [2.05, 4.69) is 10.5 Å². The normalized spacial score (nSPS) is 10.5. The smallest absolute Gasteiger partial charge is 0.335 e. The Labute approximate surface area is 131 Å². The number of nitrogens with one attached hydrogen (secondary N) is 1. The maximum Gasteiger partial charge on any atom is 0.335 e. The SMILES string of the molecule is COc1ccc(/C=N\Nc2cc(C(=O)O)cc(C(=O)O)c2)cc1. The van der Waals surface area contributed by atoms with E-state index in [0.717, 1.165) is 17.4 Å². The molecule has 0 fully saturated rings. The molecule has 0 radical (unpaired) electrons. The molecule has 0 heterocycles. The van der Waals surface area contributed by atoms with Crippen molar-refractivity contribution in [3.63, 3.8) is 0 Å². The van der Waals surface area contributed by atoms with E-state index >= 15 is 0 Å². The van der Waals surface area contributed by atoms with Crippen molar-refractivity contribution < 1.29 is 24.5 Å². The summed E-state index contributed by atoms with van der Waals surface area (Å²) in [4.78, 5) is 22.0. The standard InChI is InChI=1S/C16H14N2O5/c1-23-14-4-2-10(3-5-14)9-17-18-13-7-11(15(19)20)6-12(8-13)16(21)22/h2-9,18H,1H3,(H,19,20)(H,21,22)/b17-9-. The Kier molecular flexibility index (Phi) is 4.93. The average Bonchev–Trinajstić information content (AvgIpc) is 2.55. The van der Waals surface area contributed by atoms with E-state index in [1.54, 1.807) is 31.4 Å². The molecule has 0 aliphatic heterocycles. The summed E-state index contributed by atoms with van der Waals surface area (Å²) < 4.78 is 5.04. The van der Waals surface area contributed by atoms with Crippen LogP contribution >= 0.6 is 0 Å². The van der Waals surface area contributed by atoms with Crippen molar-refractivity contribution >= 4 is 23.8 Å². The lowest BCUT2D eigenvalue weighted by Gasteiger charge is -2.04. The van der Waals surface area contributed by atoms with Gasteiger partial charge in [-0.25, -0.2) is 9.59 Å². The van der Waals surface area contributed by atoms with Gasteiger partial charge in [0.05, 0.1) is 30.1 Å². The van der Waals surface area contributed by atoms with Crippen molar-refractivity contribution in [2.45, 2.75) is 0 Å². The summed E-state index contributed by atoms with van der Waals surface area (Å²) in [5, 5.41) is 22.0. The molecule has 0 saturated carbocycles. The second-order valence-electron chi connectivity index (χ2n) is 4.55. The van der Waals surface area contributed by atoms with Gasteiger partial charge in [-0.2, -0.15) is 5.10 Å². The molecule has 0 saturated heterocycles. The number of hydrazone groups is 1. The highest BCUT2D eigenvalue weighted by atomic mass is 16.5. The second-order valence-corrected chi connectivity index (χ2v) is 4.55. The summed E-state index contributed by atoms with van der Waals surface area (Å²) in [5.41, 5.74) is 3.43. The van der Waals surface area contributed by atoms with E-state index in [1.165, 1.54) is 18.3 Å². The lowest BCUT2D eigenvalue weighted by molar-refractivity contribution is 0.0696. The summed E-state index contributed by atoms with van der Waals surface area (Å²) in [5.74, 6) is -1.71. The van der Waals surface area contributed by atoms with Crippen molar-refractivity contribution in [1.29, 1.82) is 0 Å². The fourth-order valence-electron chi connectivity index (χ4n) is 1.81. The summed E-state index contributed by atoms with van der Waals surface area (Å²) in [7, 11) is 1.57. The Bertz CT molecular complexity index is 721. The van der Waals surface area contributed by atoms with Gasteiger partial charge in [-0.15, -0.1) is 0 Å². The minimum Gasteiger partial charge on any atom is -0.497 e. The third kappa shape index (κ3) is 4.31. The number of carboxylic acids is 2. The highest BCUT2D eigenvalue weighted by Gasteiger charge is 2.11. The van der Waals surface area contributed by atoms with Crippen LogP contribution in [-0.2, 0) is 0 Å². The number of carbonyl (C=O) groups is 2. The molecule has 0 bridgehead atoms.